The molecule has 0 unspecified atom stereocenters. The number of imidazole rings is 1. The van der Waals surface area contributed by atoms with Crippen molar-refractivity contribution in [3.05, 3.63) is 41.3 Å². The van der Waals surface area contributed by atoms with E-state index in [9.17, 15) is 9.18 Å². The van der Waals surface area contributed by atoms with Crippen LogP contribution in [-0.4, -0.2) is 93.9 Å². The van der Waals surface area contributed by atoms with E-state index in [1.807, 2.05) is 17.0 Å². The standard InChI is InChI=1S/C33H40ClFN6O2/c1-20(2)40-19-36-28-15-27(37-31(34)30(28)40)21-5-6-26-29(12-21)41(24-13-23(14-24)39-9-3-4-22(35)16-39)32(42)33(26)7-10-38(11-8-33)25-17-43-18-25/h5-6,12,15,19-20,22-25H,3-4,7-11,13-14,16-18H2,1-2H3/t22-,23?,24?/m0/s1. The molecule has 1 amide bonds. The molecule has 1 spiro atoms. The van der Waals surface area contributed by atoms with Gasteiger partial charge in [-0.1, -0.05) is 23.7 Å². The van der Waals surface area contributed by atoms with Gasteiger partial charge < -0.3 is 14.2 Å². The van der Waals surface area contributed by atoms with Gasteiger partial charge in [0.1, 0.15) is 11.7 Å². The summed E-state index contributed by atoms with van der Waals surface area (Å²) in [5.74, 6) is 0.242. The number of anilines is 1. The van der Waals surface area contributed by atoms with Crippen LogP contribution < -0.4 is 4.90 Å². The van der Waals surface area contributed by atoms with Crippen molar-refractivity contribution in [2.45, 2.75) is 88.1 Å². The number of fused-ring (bicyclic) bond motifs is 3. The van der Waals surface area contributed by atoms with Gasteiger partial charge in [0.2, 0.25) is 5.91 Å². The lowest BCUT2D eigenvalue weighted by atomic mass is 9.73. The fourth-order valence-electron chi connectivity index (χ4n) is 8.21. The number of amides is 1. The highest BCUT2D eigenvalue weighted by Crippen LogP contribution is 2.52. The molecular formula is C33H40ClFN6O2. The summed E-state index contributed by atoms with van der Waals surface area (Å²) >= 11 is 6.75. The molecule has 6 heterocycles. The lowest BCUT2D eigenvalue weighted by molar-refractivity contribution is -0.128. The van der Waals surface area contributed by atoms with Crippen LogP contribution in [0.15, 0.2) is 30.6 Å². The molecule has 4 aliphatic heterocycles. The lowest BCUT2D eigenvalue weighted by Crippen LogP contribution is -2.60. The fraction of sp³-hybridized carbons (Fsp3) is 0.606. The quantitative estimate of drug-likeness (QED) is 0.364. The highest BCUT2D eigenvalue weighted by atomic mass is 35.5. The Morgan fingerprint density at radius 2 is 1.84 bits per heavy atom. The molecule has 2 aromatic heterocycles. The van der Waals surface area contributed by atoms with Crippen LogP contribution in [0.3, 0.4) is 0 Å². The number of likely N-dealkylation sites (tertiary alicyclic amines) is 2. The molecule has 1 aliphatic carbocycles. The Labute approximate surface area is 257 Å². The zero-order chi connectivity index (χ0) is 29.5. The van der Waals surface area contributed by atoms with E-state index in [4.69, 9.17) is 21.3 Å². The molecule has 0 bridgehead atoms. The number of hydrogen-bond donors (Lipinski definition) is 0. The molecular weight excluding hydrogens is 567 g/mol. The van der Waals surface area contributed by atoms with Gasteiger partial charge in [0.15, 0.2) is 5.15 Å². The van der Waals surface area contributed by atoms with Crippen LogP contribution in [-0.2, 0) is 14.9 Å². The van der Waals surface area contributed by atoms with Crippen molar-refractivity contribution >= 4 is 34.2 Å². The summed E-state index contributed by atoms with van der Waals surface area (Å²) in [4.78, 5) is 30.9. The first kappa shape index (κ1) is 27.9. The molecule has 0 radical (unpaired) electrons. The summed E-state index contributed by atoms with van der Waals surface area (Å²) in [7, 11) is 0. The highest BCUT2D eigenvalue weighted by Gasteiger charge is 2.56. The van der Waals surface area contributed by atoms with Crippen LogP contribution in [0, 0.1) is 0 Å². The summed E-state index contributed by atoms with van der Waals surface area (Å²) in [6.45, 7) is 9.08. The van der Waals surface area contributed by atoms with Crippen LogP contribution in [0.1, 0.15) is 64.0 Å². The molecule has 228 valence electrons. The Morgan fingerprint density at radius 1 is 1.05 bits per heavy atom. The summed E-state index contributed by atoms with van der Waals surface area (Å²) in [6.07, 6.45) is 6.10. The molecule has 4 fully saturated rings. The predicted octanol–water partition coefficient (Wildman–Crippen LogP) is 5.38. The average Bonchev–Trinajstić information content (AvgIpc) is 3.47. The number of carbonyl (C=O) groups excluding carboxylic acids is 1. The van der Waals surface area contributed by atoms with Crippen molar-refractivity contribution in [3.63, 3.8) is 0 Å². The van der Waals surface area contributed by atoms with Gasteiger partial charge in [-0.25, -0.2) is 14.4 Å². The van der Waals surface area contributed by atoms with E-state index in [0.717, 1.165) is 98.5 Å². The number of piperidine rings is 2. The van der Waals surface area contributed by atoms with Gasteiger partial charge in [-0.2, -0.15) is 0 Å². The molecule has 3 saturated heterocycles. The van der Waals surface area contributed by atoms with Crippen LogP contribution in [0.2, 0.25) is 5.15 Å². The topological polar surface area (TPSA) is 66.7 Å². The number of aromatic nitrogens is 3. The summed E-state index contributed by atoms with van der Waals surface area (Å²) in [5.41, 5.74) is 5.01. The van der Waals surface area contributed by atoms with Gasteiger partial charge in [-0.3, -0.25) is 14.6 Å². The fourth-order valence-corrected chi connectivity index (χ4v) is 8.49. The minimum Gasteiger partial charge on any atom is -0.378 e. The normalized spacial score (nSPS) is 28.1. The SMILES string of the molecule is CC(C)n1cnc2cc(-c3ccc4c(c3)N(C3CC(N5CCC[C@H](F)C5)C3)C(=O)C43CCN(C4COC4)CC3)nc(Cl)c21. The first-order chi connectivity index (χ1) is 20.8. The van der Waals surface area contributed by atoms with Crippen molar-refractivity contribution < 1.29 is 13.9 Å². The number of rotatable bonds is 5. The van der Waals surface area contributed by atoms with Crippen molar-refractivity contribution in [3.8, 4) is 11.3 Å². The van der Waals surface area contributed by atoms with Gasteiger partial charge in [0.25, 0.3) is 0 Å². The first-order valence-electron chi connectivity index (χ1n) is 16.0. The number of halogens is 2. The van der Waals surface area contributed by atoms with Crippen molar-refractivity contribution in [1.82, 2.24) is 24.3 Å². The Bertz CT molecular complexity index is 1560. The van der Waals surface area contributed by atoms with Crippen LogP contribution >= 0.6 is 11.6 Å². The maximum atomic E-state index is 14.6. The second-order valence-corrected chi connectivity index (χ2v) is 14.0. The molecule has 1 aromatic carbocycles. The maximum Gasteiger partial charge on any atom is 0.238 e. The lowest BCUT2D eigenvalue weighted by Gasteiger charge is -2.49. The number of carbonyl (C=O) groups is 1. The number of nitrogens with zero attached hydrogens (tertiary/aromatic N) is 6. The molecule has 8 rings (SSSR count). The number of pyridine rings is 1. The van der Waals surface area contributed by atoms with Gasteiger partial charge in [-0.15, -0.1) is 0 Å². The Morgan fingerprint density at radius 3 is 2.53 bits per heavy atom. The van der Waals surface area contributed by atoms with E-state index < -0.39 is 11.6 Å². The summed E-state index contributed by atoms with van der Waals surface area (Å²) < 4.78 is 21.7. The zero-order valence-corrected chi connectivity index (χ0v) is 25.8. The molecule has 10 heteroatoms. The molecule has 3 aromatic rings. The third-order valence-electron chi connectivity index (χ3n) is 10.9. The average molecular weight is 607 g/mol. The van der Waals surface area contributed by atoms with Crippen LogP contribution in [0.4, 0.5) is 10.1 Å². The molecule has 43 heavy (non-hydrogen) atoms. The third-order valence-corrected chi connectivity index (χ3v) is 11.2. The van der Waals surface area contributed by atoms with Gasteiger partial charge >= 0.3 is 0 Å². The van der Waals surface area contributed by atoms with E-state index >= 15 is 0 Å². The highest BCUT2D eigenvalue weighted by molar-refractivity contribution is 6.34. The second-order valence-electron chi connectivity index (χ2n) is 13.6. The number of benzene rings is 1. The number of ether oxygens (including phenoxy) is 1. The number of alkyl halides is 1. The van der Waals surface area contributed by atoms with Crippen molar-refractivity contribution in [1.29, 1.82) is 0 Å². The van der Waals surface area contributed by atoms with E-state index in [0.29, 0.717) is 30.2 Å². The first-order valence-corrected chi connectivity index (χ1v) is 16.4. The predicted molar refractivity (Wildman–Crippen MR) is 165 cm³/mol. The van der Waals surface area contributed by atoms with Crippen molar-refractivity contribution in [2.75, 3.05) is 44.3 Å². The molecule has 8 nitrogen and oxygen atoms in total. The third kappa shape index (κ3) is 4.44. The largest absolute Gasteiger partial charge is 0.378 e. The molecule has 1 saturated carbocycles. The Hall–Kier alpha value is -2.59. The second kappa shape index (κ2) is 10.5. The summed E-state index contributed by atoms with van der Waals surface area (Å²) in [5, 5.41) is 0.436. The minimum absolute atomic E-state index is 0.129. The van der Waals surface area contributed by atoms with Gasteiger partial charge in [0.05, 0.1) is 42.2 Å². The Balaban J connectivity index is 1.13. The van der Waals surface area contributed by atoms with Gasteiger partial charge in [0, 0.05) is 35.9 Å². The smallest absolute Gasteiger partial charge is 0.238 e. The zero-order valence-electron chi connectivity index (χ0n) is 25.0. The Kier molecular flexibility index (Phi) is 6.82. The van der Waals surface area contributed by atoms with Gasteiger partial charge in [-0.05, 0) is 89.7 Å². The van der Waals surface area contributed by atoms with E-state index in [-0.39, 0.29) is 18.0 Å². The molecule has 0 N–H and O–H groups in total. The van der Waals surface area contributed by atoms with Crippen molar-refractivity contribution in [2.24, 2.45) is 0 Å². The minimum atomic E-state index is -0.734. The monoisotopic (exact) mass is 606 g/mol. The van der Waals surface area contributed by atoms with E-state index in [1.54, 1.807) is 0 Å². The summed E-state index contributed by atoms with van der Waals surface area (Å²) in [6, 6.07) is 9.61. The van der Waals surface area contributed by atoms with Crippen LogP contribution in [0.5, 0.6) is 0 Å². The molecule has 5 aliphatic rings. The maximum absolute atomic E-state index is 14.6. The molecule has 1 atom stereocenters. The van der Waals surface area contributed by atoms with E-state index in [1.165, 1.54) is 0 Å². The van der Waals surface area contributed by atoms with E-state index in [2.05, 4.69) is 51.7 Å². The van der Waals surface area contributed by atoms with Crippen LogP contribution in [0.25, 0.3) is 22.3 Å². The number of hydrogen-bond acceptors (Lipinski definition) is 6.